The van der Waals surface area contributed by atoms with Gasteiger partial charge in [-0.15, -0.1) is 11.3 Å². The van der Waals surface area contributed by atoms with E-state index in [4.69, 9.17) is 5.11 Å². The molecule has 0 aliphatic rings. The van der Waals surface area contributed by atoms with Crippen LogP contribution in [-0.2, 0) is 13.0 Å². The summed E-state index contributed by atoms with van der Waals surface area (Å²) in [5, 5.41) is 9.78. The molecule has 0 spiro atoms. The highest BCUT2D eigenvalue weighted by Crippen LogP contribution is 2.23. The van der Waals surface area contributed by atoms with Crippen LogP contribution in [0.25, 0.3) is 0 Å². The Bertz CT molecular complexity index is 625. The van der Waals surface area contributed by atoms with Crippen molar-refractivity contribution >= 4 is 17.3 Å². The molecule has 1 heterocycles. The third-order valence-electron chi connectivity index (χ3n) is 2.70. The summed E-state index contributed by atoms with van der Waals surface area (Å²) in [5.74, 6) is -1.34. The van der Waals surface area contributed by atoms with Gasteiger partial charge in [0.1, 0.15) is 5.82 Å². The molecule has 0 radical (unpaired) electrons. The van der Waals surface area contributed by atoms with E-state index in [0.717, 1.165) is 0 Å². The predicted molar refractivity (Wildman–Crippen MR) is 75.7 cm³/mol. The van der Waals surface area contributed by atoms with Crippen LogP contribution in [0.1, 0.15) is 25.9 Å². The highest BCUT2D eigenvalue weighted by molar-refractivity contribution is 7.11. The van der Waals surface area contributed by atoms with Crippen LogP contribution in [0.3, 0.4) is 0 Å². The second-order valence-corrected chi connectivity index (χ2v) is 5.86. The Balaban J connectivity index is 2.29. The van der Waals surface area contributed by atoms with E-state index in [-0.39, 0.29) is 11.5 Å². The van der Waals surface area contributed by atoms with E-state index in [9.17, 15) is 9.18 Å². The Morgan fingerprint density at radius 3 is 2.70 bits per heavy atom. The maximum atomic E-state index is 13.6. The lowest BCUT2D eigenvalue weighted by atomic mass is 10.1. The van der Waals surface area contributed by atoms with E-state index in [1.807, 2.05) is 19.0 Å². The molecule has 2 aromatic rings. The van der Waals surface area contributed by atoms with Gasteiger partial charge in [-0.3, -0.25) is 0 Å². The standard InChI is InChI=1S/C14H15FN2O2S/c1-17(2)8-11-13(14(18)19)16-12(20-11)7-9-5-3-4-6-10(9)15/h3-6H,7-8H2,1-2H3,(H,18,19). The number of aromatic nitrogens is 1. The number of carbonyl (C=O) groups is 1. The molecular weight excluding hydrogens is 279 g/mol. The zero-order valence-electron chi connectivity index (χ0n) is 11.3. The van der Waals surface area contributed by atoms with Crippen LogP contribution in [0.5, 0.6) is 0 Å². The maximum absolute atomic E-state index is 13.6. The van der Waals surface area contributed by atoms with Gasteiger partial charge < -0.3 is 10.0 Å². The van der Waals surface area contributed by atoms with Crippen molar-refractivity contribution in [2.45, 2.75) is 13.0 Å². The first-order valence-corrected chi connectivity index (χ1v) is 6.89. The fourth-order valence-electron chi connectivity index (χ4n) is 1.84. The maximum Gasteiger partial charge on any atom is 0.355 e. The minimum Gasteiger partial charge on any atom is -0.476 e. The van der Waals surface area contributed by atoms with Crippen molar-refractivity contribution in [1.82, 2.24) is 9.88 Å². The third-order valence-corrected chi connectivity index (χ3v) is 3.74. The van der Waals surface area contributed by atoms with E-state index in [1.165, 1.54) is 17.4 Å². The number of halogens is 1. The molecule has 0 saturated carbocycles. The predicted octanol–water partition coefficient (Wildman–Crippen LogP) is 2.63. The summed E-state index contributed by atoms with van der Waals surface area (Å²) in [4.78, 5) is 17.9. The van der Waals surface area contributed by atoms with Crippen molar-refractivity contribution in [3.8, 4) is 0 Å². The average Bonchev–Trinajstić information content (AvgIpc) is 2.74. The molecule has 1 aromatic heterocycles. The van der Waals surface area contributed by atoms with Crippen LogP contribution in [-0.4, -0.2) is 35.1 Å². The van der Waals surface area contributed by atoms with Gasteiger partial charge in [0.05, 0.1) is 9.88 Å². The quantitative estimate of drug-likeness (QED) is 0.921. The molecule has 1 aromatic carbocycles. The normalized spacial score (nSPS) is 11.0. The van der Waals surface area contributed by atoms with E-state index >= 15 is 0 Å². The van der Waals surface area contributed by atoms with Crippen LogP contribution < -0.4 is 0 Å². The summed E-state index contributed by atoms with van der Waals surface area (Å²) >= 11 is 1.32. The summed E-state index contributed by atoms with van der Waals surface area (Å²) < 4.78 is 13.6. The second kappa shape index (κ2) is 6.11. The number of aromatic carboxylic acids is 1. The lowest BCUT2D eigenvalue weighted by Crippen LogP contribution is -2.12. The molecule has 0 saturated heterocycles. The van der Waals surface area contributed by atoms with Crippen molar-refractivity contribution in [1.29, 1.82) is 0 Å². The first-order chi connectivity index (χ1) is 9.47. The Hall–Kier alpha value is -1.79. The first kappa shape index (κ1) is 14.6. The molecule has 0 bridgehead atoms. The number of rotatable bonds is 5. The molecule has 0 aliphatic carbocycles. The van der Waals surface area contributed by atoms with Crippen LogP contribution in [0, 0.1) is 5.82 Å². The van der Waals surface area contributed by atoms with Crippen molar-refractivity contribution in [3.63, 3.8) is 0 Å². The molecule has 0 atom stereocenters. The van der Waals surface area contributed by atoms with Crippen LogP contribution in [0.15, 0.2) is 24.3 Å². The van der Waals surface area contributed by atoms with E-state index < -0.39 is 5.97 Å². The van der Waals surface area contributed by atoms with Gasteiger partial charge in [0.15, 0.2) is 5.69 Å². The summed E-state index contributed by atoms with van der Waals surface area (Å²) in [6, 6.07) is 6.45. The zero-order valence-corrected chi connectivity index (χ0v) is 12.1. The van der Waals surface area contributed by atoms with Crippen LogP contribution in [0.2, 0.25) is 0 Å². The highest BCUT2D eigenvalue weighted by atomic mass is 32.1. The number of nitrogens with zero attached hydrogens (tertiary/aromatic N) is 2. The molecule has 0 amide bonds. The number of benzene rings is 1. The van der Waals surface area contributed by atoms with Gasteiger partial charge in [-0.1, -0.05) is 18.2 Å². The van der Waals surface area contributed by atoms with Crippen LogP contribution in [0.4, 0.5) is 4.39 Å². The minimum absolute atomic E-state index is 0.0649. The van der Waals surface area contributed by atoms with E-state index in [2.05, 4.69) is 4.98 Å². The topological polar surface area (TPSA) is 53.4 Å². The highest BCUT2D eigenvalue weighted by Gasteiger charge is 2.18. The van der Waals surface area contributed by atoms with E-state index in [0.29, 0.717) is 28.4 Å². The largest absolute Gasteiger partial charge is 0.476 e. The number of hydrogen-bond donors (Lipinski definition) is 1. The number of carboxylic acid groups (broad SMARTS) is 1. The van der Waals surface area contributed by atoms with E-state index in [1.54, 1.807) is 18.2 Å². The van der Waals surface area contributed by atoms with Crippen molar-refractivity contribution in [2.75, 3.05) is 14.1 Å². The second-order valence-electron chi connectivity index (χ2n) is 4.69. The molecule has 4 nitrogen and oxygen atoms in total. The minimum atomic E-state index is -1.04. The van der Waals surface area contributed by atoms with Gasteiger partial charge in [0.25, 0.3) is 0 Å². The van der Waals surface area contributed by atoms with Crippen molar-refractivity contribution in [2.24, 2.45) is 0 Å². The summed E-state index contributed by atoms with van der Waals surface area (Å²) in [7, 11) is 3.73. The van der Waals surface area contributed by atoms with Gasteiger partial charge in [0.2, 0.25) is 0 Å². The smallest absolute Gasteiger partial charge is 0.355 e. The Kier molecular flexibility index (Phi) is 4.46. The molecule has 106 valence electrons. The Labute approximate surface area is 120 Å². The molecule has 0 fully saturated rings. The number of carboxylic acids is 1. The zero-order chi connectivity index (χ0) is 14.7. The fraction of sp³-hybridized carbons (Fsp3) is 0.286. The Morgan fingerprint density at radius 1 is 1.40 bits per heavy atom. The Morgan fingerprint density at radius 2 is 2.10 bits per heavy atom. The van der Waals surface area contributed by atoms with Gasteiger partial charge in [-0.2, -0.15) is 0 Å². The molecule has 20 heavy (non-hydrogen) atoms. The SMILES string of the molecule is CN(C)Cc1sc(Cc2ccccc2F)nc1C(=O)O. The van der Waals surface area contributed by atoms with Gasteiger partial charge in [0, 0.05) is 13.0 Å². The summed E-state index contributed by atoms with van der Waals surface area (Å²) in [6.45, 7) is 0.510. The third kappa shape index (κ3) is 3.40. The van der Waals surface area contributed by atoms with Gasteiger partial charge in [-0.25, -0.2) is 14.2 Å². The lowest BCUT2D eigenvalue weighted by molar-refractivity contribution is 0.0689. The van der Waals surface area contributed by atoms with Crippen molar-refractivity contribution in [3.05, 3.63) is 51.2 Å². The molecule has 0 aliphatic heterocycles. The number of thiazole rings is 1. The summed E-state index contributed by atoms with van der Waals surface area (Å²) in [5.41, 5.74) is 0.588. The van der Waals surface area contributed by atoms with Gasteiger partial charge >= 0.3 is 5.97 Å². The van der Waals surface area contributed by atoms with Gasteiger partial charge in [-0.05, 0) is 25.7 Å². The fourth-order valence-corrected chi connectivity index (χ4v) is 3.04. The molecule has 2 rings (SSSR count). The first-order valence-electron chi connectivity index (χ1n) is 6.07. The molecule has 6 heteroatoms. The molecule has 0 unspecified atom stereocenters. The van der Waals surface area contributed by atoms with Crippen molar-refractivity contribution < 1.29 is 14.3 Å². The van der Waals surface area contributed by atoms with Crippen LogP contribution >= 0.6 is 11.3 Å². The summed E-state index contributed by atoms with van der Waals surface area (Å²) in [6.07, 6.45) is 0.311. The molecular formula is C14H15FN2O2S. The average molecular weight is 294 g/mol. The number of hydrogen-bond acceptors (Lipinski definition) is 4. The lowest BCUT2D eigenvalue weighted by Gasteiger charge is -2.06. The monoisotopic (exact) mass is 294 g/mol. The molecule has 1 N–H and O–H groups in total.